The number of aryl methyl sites for hydroxylation is 3. The third-order valence-corrected chi connectivity index (χ3v) is 3.07. The summed E-state index contributed by atoms with van der Waals surface area (Å²) in [4.78, 5) is 0. The van der Waals surface area contributed by atoms with Crippen LogP contribution >= 0.6 is 0 Å². The summed E-state index contributed by atoms with van der Waals surface area (Å²) in [6, 6.07) is 4.19. The molecule has 4 heteroatoms. The Hall–Kier alpha value is -0.940. The monoisotopic (exact) mass is 267 g/mol. The third-order valence-electron chi connectivity index (χ3n) is 3.07. The highest BCUT2D eigenvalue weighted by atomic mass is 16.5. The van der Waals surface area contributed by atoms with Gasteiger partial charge in [-0.3, -0.25) is 0 Å². The zero-order valence-corrected chi connectivity index (χ0v) is 12.1. The van der Waals surface area contributed by atoms with E-state index in [2.05, 4.69) is 24.4 Å². The molecule has 0 aliphatic carbocycles. The predicted octanol–water partition coefficient (Wildman–Crippen LogP) is 1.24. The van der Waals surface area contributed by atoms with Crippen molar-refractivity contribution in [3.05, 3.63) is 34.4 Å². The number of benzene rings is 1. The van der Waals surface area contributed by atoms with E-state index < -0.39 is 6.10 Å². The summed E-state index contributed by atoms with van der Waals surface area (Å²) in [6.45, 7) is 8.25. The normalized spacial score (nSPS) is 12.7. The molecule has 0 aliphatic heterocycles. The van der Waals surface area contributed by atoms with E-state index in [1.54, 1.807) is 0 Å². The van der Waals surface area contributed by atoms with Crippen LogP contribution < -0.4 is 5.32 Å². The van der Waals surface area contributed by atoms with Crippen molar-refractivity contribution in [2.45, 2.75) is 26.9 Å². The molecule has 0 heterocycles. The average Bonchev–Trinajstić information content (AvgIpc) is 2.32. The lowest BCUT2D eigenvalue weighted by atomic mass is 9.95. The lowest BCUT2D eigenvalue weighted by Gasteiger charge is -2.18. The molecule has 0 amide bonds. The number of aliphatic hydroxyl groups is 2. The highest BCUT2D eigenvalue weighted by Crippen LogP contribution is 2.22. The van der Waals surface area contributed by atoms with E-state index in [9.17, 15) is 5.11 Å². The van der Waals surface area contributed by atoms with E-state index in [1.165, 1.54) is 5.56 Å². The number of aliphatic hydroxyl groups excluding tert-OH is 2. The molecule has 19 heavy (non-hydrogen) atoms. The highest BCUT2D eigenvalue weighted by Gasteiger charge is 2.13. The Morgan fingerprint density at radius 3 is 2.37 bits per heavy atom. The van der Waals surface area contributed by atoms with E-state index in [-0.39, 0.29) is 6.61 Å². The molecule has 1 unspecified atom stereocenters. The van der Waals surface area contributed by atoms with Crippen molar-refractivity contribution in [3.8, 4) is 0 Å². The largest absolute Gasteiger partial charge is 0.394 e. The van der Waals surface area contributed by atoms with Crippen molar-refractivity contribution in [3.63, 3.8) is 0 Å². The summed E-state index contributed by atoms with van der Waals surface area (Å²) in [5.41, 5.74) is 4.48. The maximum Gasteiger partial charge on any atom is 0.0919 e. The van der Waals surface area contributed by atoms with Gasteiger partial charge in [-0.25, -0.2) is 0 Å². The molecule has 0 bridgehead atoms. The lowest BCUT2D eigenvalue weighted by Crippen LogP contribution is -2.26. The van der Waals surface area contributed by atoms with Gasteiger partial charge in [0.05, 0.1) is 25.9 Å². The van der Waals surface area contributed by atoms with Crippen molar-refractivity contribution < 1.29 is 14.9 Å². The molecule has 1 aromatic carbocycles. The molecule has 108 valence electrons. The van der Waals surface area contributed by atoms with Crippen molar-refractivity contribution in [2.75, 3.05) is 32.9 Å². The van der Waals surface area contributed by atoms with Gasteiger partial charge in [-0.05, 0) is 37.5 Å². The molecule has 0 saturated heterocycles. The van der Waals surface area contributed by atoms with Crippen LogP contribution in [0, 0.1) is 20.8 Å². The van der Waals surface area contributed by atoms with Crippen LogP contribution in [-0.2, 0) is 4.74 Å². The average molecular weight is 267 g/mol. The summed E-state index contributed by atoms with van der Waals surface area (Å²) < 4.78 is 5.14. The Balaban J connectivity index is 2.43. The number of nitrogens with one attached hydrogen (secondary N) is 1. The molecule has 0 radical (unpaired) electrons. The Bertz CT molecular complexity index is 370. The molecule has 3 N–H and O–H groups in total. The second-order valence-electron chi connectivity index (χ2n) is 4.87. The Kier molecular flexibility index (Phi) is 7.02. The van der Waals surface area contributed by atoms with Crippen LogP contribution in [0.4, 0.5) is 0 Å². The number of hydrogen-bond acceptors (Lipinski definition) is 4. The first kappa shape index (κ1) is 16.1. The second-order valence-corrected chi connectivity index (χ2v) is 4.87. The third kappa shape index (κ3) is 5.28. The molecule has 0 saturated carbocycles. The first-order valence-electron chi connectivity index (χ1n) is 6.71. The molecular weight excluding hydrogens is 242 g/mol. The summed E-state index contributed by atoms with van der Waals surface area (Å²) in [7, 11) is 0. The van der Waals surface area contributed by atoms with Gasteiger partial charge in [-0.15, -0.1) is 0 Å². The summed E-state index contributed by atoms with van der Waals surface area (Å²) in [5.74, 6) is 0. The van der Waals surface area contributed by atoms with Gasteiger partial charge in [0.25, 0.3) is 0 Å². The van der Waals surface area contributed by atoms with Crippen molar-refractivity contribution in [2.24, 2.45) is 0 Å². The van der Waals surface area contributed by atoms with Gasteiger partial charge in [-0.2, -0.15) is 0 Å². The summed E-state index contributed by atoms with van der Waals surface area (Å²) in [6.07, 6.45) is -0.501. The molecule has 1 atom stereocenters. The summed E-state index contributed by atoms with van der Waals surface area (Å²) >= 11 is 0. The van der Waals surface area contributed by atoms with Crippen LogP contribution in [0.25, 0.3) is 0 Å². The summed E-state index contributed by atoms with van der Waals surface area (Å²) in [5, 5.41) is 21.9. The maximum absolute atomic E-state index is 10.2. The topological polar surface area (TPSA) is 61.7 Å². The molecule has 0 spiro atoms. The second kappa shape index (κ2) is 8.27. The zero-order valence-electron chi connectivity index (χ0n) is 12.1. The van der Waals surface area contributed by atoms with Gasteiger partial charge in [-0.1, -0.05) is 17.7 Å². The fourth-order valence-electron chi connectivity index (χ4n) is 2.37. The smallest absolute Gasteiger partial charge is 0.0919 e. The lowest BCUT2D eigenvalue weighted by molar-refractivity contribution is 0.0910. The Morgan fingerprint density at radius 2 is 1.79 bits per heavy atom. The van der Waals surface area contributed by atoms with E-state index in [1.807, 2.05) is 13.8 Å². The quantitative estimate of drug-likeness (QED) is 0.620. The van der Waals surface area contributed by atoms with Crippen LogP contribution in [0.1, 0.15) is 28.4 Å². The van der Waals surface area contributed by atoms with Crippen molar-refractivity contribution in [1.82, 2.24) is 5.32 Å². The number of ether oxygens (including phenoxy) is 1. The zero-order chi connectivity index (χ0) is 14.3. The maximum atomic E-state index is 10.2. The Morgan fingerprint density at radius 1 is 1.16 bits per heavy atom. The molecule has 4 nitrogen and oxygen atoms in total. The number of rotatable bonds is 8. The minimum absolute atomic E-state index is 0.0460. The minimum Gasteiger partial charge on any atom is -0.394 e. The highest BCUT2D eigenvalue weighted by molar-refractivity contribution is 5.39. The van der Waals surface area contributed by atoms with Crippen LogP contribution in [0.3, 0.4) is 0 Å². The van der Waals surface area contributed by atoms with E-state index in [0.29, 0.717) is 26.3 Å². The van der Waals surface area contributed by atoms with Gasteiger partial charge < -0.3 is 20.3 Å². The van der Waals surface area contributed by atoms with Gasteiger partial charge in [0.2, 0.25) is 0 Å². The molecule has 0 fully saturated rings. The van der Waals surface area contributed by atoms with E-state index >= 15 is 0 Å². The SMILES string of the molecule is Cc1cc(C)c(C(O)CNCCOCCO)c(C)c1. The number of hydrogen-bond donors (Lipinski definition) is 3. The fraction of sp³-hybridized carbons (Fsp3) is 0.600. The van der Waals surface area contributed by atoms with Gasteiger partial charge in [0, 0.05) is 13.1 Å². The first-order chi connectivity index (χ1) is 9.06. The van der Waals surface area contributed by atoms with E-state index in [0.717, 1.165) is 16.7 Å². The Labute approximate surface area is 115 Å². The molecule has 1 aromatic rings. The van der Waals surface area contributed by atoms with Crippen LogP contribution in [-0.4, -0.2) is 43.1 Å². The standard InChI is InChI=1S/C15H25NO3/c1-11-8-12(2)15(13(3)9-11)14(18)10-16-4-6-19-7-5-17/h8-9,14,16-18H,4-7,10H2,1-3H3. The molecule has 0 aromatic heterocycles. The van der Waals surface area contributed by atoms with Crippen LogP contribution in [0.15, 0.2) is 12.1 Å². The van der Waals surface area contributed by atoms with Crippen LogP contribution in [0.2, 0.25) is 0 Å². The fourth-order valence-corrected chi connectivity index (χ4v) is 2.37. The van der Waals surface area contributed by atoms with E-state index in [4.69, 9.17) is 9.84 Å². The first-order valence-corrected chi connectivity index (χ1v) is 6.71. The molecular formula is C15H25NO3. The molecule has 1 rings (SSSR count). The van der Waals surface area contributed by atoms with Crippen molar-refractivity contribution >= 4 is 0 Å². The van der Waals surface area contributed by atoms with Gasteiger partial charge >= 0.3 is 0 Å². The van der Waals surface area contributed by atoms with Crippen molar-refractivity contribution in [1.29, 1.82) is 0 Å². The minimum atomic E-state index is -0.501. The predicted molar refractivity (Wildman–Crippen MR) is 76.4 cm³/mol. The van der Waals surface area contributed by atoms with Gasteiger partial charge in [0.1, 0.15) is 0 Å². The van der Waals surface area contributed by atoms with Crippen LogP contribution in [0.5, 0.6) is 0 Å². The van der Waals surface area contributed by atoms with Gasteiger partial charge in [0.15, 0.2) is 0 Å². The molecule has 0 aliphatic rings.